The molecule has 8 heteroatoms. The SMILES string of the molecule is O=C(NC1CNC1)[C@H]1C[C@H](Oc2cc(F)ccc2OC(F)F)C1. The summed E-state index contributed by atoms with van der Waals surface area (Å²) in [5, 5.41) is 5.97. The minimum atomic E-state index is -3.01. The van der Waals surface area contributed by atoms with E-state index in [1.54, 1.807) is 0 Å². The van der Waals surface area contributed by atoms with E-state index in [9.17, 15) is 18.0 Å². The zero-order valence-electron chi connectivity index (χ0n) is 12.2. The number of amides is 1. The molecule has 1 aliphatic carbocycles. The lowest BCUT2D eigenvalue weighted by Crippen LogP contribution is -2.59. The van der Waals surface area contributed by atoms with E-state index >= 15 is 0 Å². The molecule has 2 N–H and O–H groups in total. The molecule has 23 heavy (non-hydrogen) atoms. The first-order valence-electron chi connectivity index (χ1n) is 7.43. The summed E-state index contributed by atoms with van der Waals surface area (Å²) in [5.74, 6) is -1.08. The number of carbonyl (C=O) groups excluding carboxylic acids is 1. The quantitative estimate of drug-likeness (QED) is 0.833. The van der Waals surface area contributed by atoms with Crippen LogP contribution in [0.15, 0.2) is 18.2 Å². The van der Waals surface area contributed by atoms with E-state index in [4.69, 9.17) is 4.74 Å². The molecular weight excluding hydrogens is 313 g/mol. The lowest BCUT2D eigenvalue weighted by atomic mass is 9.81. The molecule has 2 fully saturated rings. The van der Waals surface area contributed by atoms with Gasteiger partial charge in [0.15, 0.2) is 11.5 Å². The van der Waals surface area contributed by atoms with Gasteiger partial charge in [0.1, 0.15) is 11.9 Å². The maximum atomic E-state index is 13.3. The van der Waals surface area contributed by atoms with Gasteiger partial charge in [0.2, 0.25) is 5.91 Å². The third kappa shape index (κ3) is 3.87. The van der Waals surface area contributed by atoms with E-state index in [2.05, 4.69) is 15.4 Å². The van der Waals surface area contributed by atoms with Crippen LogP contribution < -0.4 is 20.1 Å². The molecule has 0 radical (unpaired) electrons. The summed E-state index contributed by atoms with van der Waals surface area (Å²) < 4.78 is 47.7. The van der Waals surface area contributed by atoms with Crippen molar-refractivity contribution in [3.8, 4) is 11.5 Å². The lowest BCUT2D eigenvalue weighted by Gasteiger charge is -2.37. The Labute approximate surface area is 131 Å². The van der Waals surface area contributed by atoms with Crippen LogP contribution in [0.1, 0.15) is 12.8 Å². The summed E-state index contributed by atoms with van der Waals surface area (Å²) in [6, 6.07) is 3.31. The summed E-state index contributed by atoms with van der Waals surface area (Å²) in [5.41, 5.74) is 0. The van der Waals surface area contributed by atoms with Crippen LogP contribution in [0, 0.1) is 11.7 Å². The minimum absolute atomic E-state index is 0.0281. The molecule has 1 aromatic carbocycles. The predicted octanol–water partition coefficient (Wildman–Crippen LogP) is 1.67. The highest BCUT2D eigenvalue weighted by Crippen LogP contribution is 2.36. The molecule has 0 atom stereocenters. The monoisotopic (exact) mass is 330 g/mol. The second-order valence-corrected chi connectivity index (χ2v) is 5.74. The maximum absolute atomic E-state index is 13.3. The molecular formula is C15H17F3N2O3. The van der Waals surface area contributed by atoms with Gasteiger partial charge >= 0.3 is 6.61 Å². The summed E-state index contributed by atoms with van der Waals surface area (Å²) in [4.78, 5) is 11.9. The molecule has 1 saturated heterocycles. The second-order valence-electron chi connectivity index (χ2n) is 5.74. The smallest absolute Gasteiger partial charge is 0.387 e. The van der Waals surface area contributed by atoms with Crippen LogP contribution in [-0.2, 0) is 4.79 Å². The van der Waals surface area contributed by atoms with Gasteiger partial charge in [0, 0.05) is 25.1 Å². The molecule has 1 aliphatic heterocycles. The lowest BCUT2D eigenvalue weighted by molar-refractivity contribution is -0.131. The van der Waals surface area contributed by atoms with Gasteiger partial charge in [0.25, 0.3) is 0 Å². The van der Waals surface area contributed by atoms with Crippen molar-refractivity contribution in [3.05, 3.63) is 24.0 Å². The third-order valence-electron chi connectivity index (χ3n) is 4.01. The van der Waals surface area contributed by atoms with Crippen molar-refractivity contribution in [1.82, 2.24) is 10.6 Å². The fourth-order valence-corrected chi connectivity index (χ4v) is 2.53. The number of ether oxygens (including phenoxy) is 2. The average Bonchev–Trinajstić information content (AvgIpc) is 2.39. The predicted molar refractivity (Wildman–Crippen MR) is 75.0 cm³/mol. The van der Waals surface area contributed by atoms with Crippen LogP contribution in [0.3, 0.4) is 0 Å². The van der Waals surface area contributed by atoms with E-state index in [0.29, 0.717) is 12.8 Å². The number of hydrogen-bond acceptors (Lipinski definition) is 4. The van der Waals surface area contributed by atoms with Crippen molar-refractivity contribution in [2.75, 3.05) is 13.1 Å². The van der Waals surface area contributed by atoms with Crippen molar-refractivity contribution in [3.63, 3.8) is 0 Å². The van der Waals surface area contributed by atoms with Gasteiger partial charge in [-0.2, -0.15) is 8.78 Å². The molecule has 0 unspecified atom stereocenters. The zero-order chi connectivity index (χ0) is 16.4. The van der Waals surface area contributed by atoms with Crippen molar-refractivity contribution < 1.29 is 27.4 Å². The Bertz CT molecular complexity index is 575. The first kappa shape index (κ1) is 15.9. The molecule has 0 spiro atoms. The summed E-state index contributed by atoms with van der Waals surface area (Å²) in [6.07, 6.45) is 0.625. The van der Waals surface area contributed by atoms with E-state index in [1.165, 1.54) is 0 Å². The number of hydrogen-bond donors (Lipinski definition) is 2. The largest absolute Gasteiger partial charge is 0.486 e. The molecule has 126 valence electrons. The number of rotatable bonds is 6. The number of benzene rings is 1. The van der Waals surface area contributed by atoms with Gasteiger partial charge in [-0.25, -0.2) is 4.39 Å². The van der Waals surface area contributed by atoms with E-state index in [-0.39, 0.29) is 35.5 Å². The highest BCUT2D eigenvalue weighted by atomic mass is 19.3. The zero-order valence-corrected chi connectivity index (χ0v) is 12.2. The van der Waals surface area contributed by atoms with Gasteiger partial charge in [-0.15, -0.1) is 0 Å². The molecule has 5 nitrogen and oxygen atoms in total. The Morgan fingerprint density at radius 2 is 2.00 bits per heavy atom. The summed E-state index contributed by atoms with van der Waals surface area (Å²) in [6.45, 7) is -1.47. The molecule has 1 aromatic rings. The average molecular weight is 330 g/mol. The summed E-state index contributed by atoms with van der Waals surface area (Å²) in [7, 11) is 0. The van der Waals surface area contributed by atoms with Crippen LogP contribution in [0.2, 0.25) is 0 Å². The first-order chi connectivity index (χ1) is 11.0. The molecule has 1 heterocycles. The fraction of sp³-hybridized carbons (Fsp3) is 0.533. The fourth-order valence-electron chi connectivity index (χ4n) is 2.53. The Kier molecular flexibility index (Phi) is 4.61. The van der Waals surface area contributed by atoms with E-state index in [1.807, 2.05) is 0 Å². The van der Waals surface area contributed by atoms with Crippen LogP contribution in [0.25, 0.3) is 0 Å². The van der Waals surface area contributed by atoms with Crippen LogP contribution in [-0.4, -0.2) is 37.8 Å². The van der Waals surface area contributed by atoms with Crippen molar-refractivity contribution >= 4 is 5.91 Å². The number of alkyl halides is 2. The first-order valence-corrected chi connectivity index (χ1v) is 7.43. The van der Waals surface area contributed by atoms with Gasteiger partial charge in [-0.3, -0.25) is 4.79 Å². The highest BCUT2D eigenvalue weighted by molar-refractivity contribution is 5.80. The van der Waals surface area contributed by atoms with E-state index < -0.39 is 12.4 Å². The van der Waals surface area contributed by atoms with E-state index in [0.717, 1.165) is 31.3 Å². The van der Waals surface area contributed by atoms with Gasteiger partial charge in [0.05, 0.1) is 6.04 Å². The molecule has 0 aromatic heterocycles. The van der Waals surface area contributed by atoms with Gasteiger partial charge < -0.3 is 20.1 Å². The minimum Gasteiger partial charge on any atom is -0.486 e. The molecule has 0 bridgehead atoms. The van der Waals surface area contributed by atoms with Crippen LogP contribution >= 0.6 is 0 Å². The van der Waals surface area contributed by atoms with Crippen molar-refractivity contribution in [2.45, 2.75) is 31.6 Å². The Balaban J connectivity index is 1.52. The van der Waals surface area contributed by atoms with Crippen LogP contribution in [0.4, 0.5) is 13.2 Å². The van der Waals surface area contributed by atoms with Gasteiger partial charge in [-0.1, -0.05) is 0 Å². The topological polar surface area (TPSA) is 59.6 Å². The molecule has 1 saturated carbocycles. The number of halogens is 3. The molecule has 3 rings (SSSR count). The Morgan fingerprint density at radius 1 is 1.26 bits per heavy atom. The maximum Gasteiger partial charge on any atom is 0.387 e. The molecule has 2 aliphatic rings. The number of carbonyl (C=O) groups is 1. The van der Waals surface area contributed by atoms with Gasteiger partial charge in [-0.05, 0) is 25.0 Å². The standard InChI is InChI=1S/C15H17F3N2O3/c16-9-1-2-12(23-15(17)18)13(5-9)22-11-3-8(4-11)14(21)20-10-6-19-7-10/h1-2,5,8,10-11,15,19H,3-4,6-7H2,(H,20,21)/t8-,11-. The Morgan fingerprint density at radius 3 is 2.61 bits per heavy atom. The second kappa shape index (κ2) is 6.66. The van der Waals surface area contributed by atoms with Crippen molar-refractivity contribution in [1.29, 1.82) is 0 Å². The molecule has 1 amide bonds. The normalized spacial score (nSPS) is 23.8. The highest BCUT2D eigenvalue weighted by Gasteiger charge is 2.37. The number of nitrogens with one attached hydrogen (secondary N) is 2. The van der Waals surface area contributed by atoms with Crippen molar-refractivity contribution in [2.24, 2.45) is 5.92 Å². The third-order valence-corrected chi connectivity index (χ3v) is 4.01. The van der Waals surface area contributed by atoms with Crippen LogP contribution in [0.5, 0.6) is 11.5 Å². The Hall–Kier alpha value is -1.96. The summed E-state index contributed by atoms with van der Waals surface area (Å²) >= 11 is 0.